The monoisotopic (exact) mass is 306 g/mol. The number of pyridine rings is 1. The zero-order valence-electron chi connectivity index (χ0n) is 11.7. The van der Waals surface area contributed by atoms with Crippen molar-refractivity contribution in [2.75, 3.05) is 4.90 Å². The highest BCUT2D eigenvalue weighted by Gasteiger charge is 2.29. The molecule has 1 aromatic heterocycles. The molecule has 0 bridgehead atoms. The summed E-state index contributed by atoms with van der Waals surface area (Å²) in [5, 5.41) is 0. The maximum atomic E-state index is 12.5. The summed E-state index contributed by atoms with van der Waals surface area (Å²) in [5.41, 5.74) is 0.432. The summed E-state index contributed by atoms with van der Waals surface area (Å²) in [7, 11) is 0. The maximum absolute atomic E-state index is 12.5. The number of anilines is 1. The lowest BCUT2D eigenvalue weighted by atomic mass is 10.1. The van der Waals surface area contributed by atoms with Crippen molar-refractivity contribution in [1.82, 2.24) is 4.98 Å². The number of halogens is 3. The molecule has 114 valence electrons. The Morgan fingerprint density at radius 1 is 1.18 bits per heavy atom. The predicted octanol–water partition coefficient (Wildman–Crippen LogP) is 4.12. The lowest BCUT2D eigenvalue weighted by Gasteiger charge is -2.15. The highest BCUT2D eigenvalue weighted by atomic mass is 19.4. The molecule has 0 fully saturated rings. The third-order valence-corrected chi connectivity index (χ3v) is 2.92. The molecule has 0 aliphatic heterocycles. The van der Waals surface area contributed by atoms with Gasteiger partial charge in [-0.05, 0) is 35.9 Å². The fourth-order valence-electron chi connectivity index (χ4n) is 1.81. The normalized spacial score (nSPS) is 11.6. The number of amides is 1. The van der Waals surface area contributed by atoms with Gasteiger partial charge in [-0.15, -0.1) is 0 Å². The summed E-state index contributed by atoms with van der Waals surface area (Å²) in [6.45, 7) is 1.39. The minimum absolute atomic E-state index is 0.226. The third-order valence-electron chi connectivity index (χ3n) is 2.92. The summed E-state index contributed by atoms with van der Waals surface area (Å²) < 4.78 is 37.4. The smallest absolute Gasteiger partial charge is 0.287 e. The molecule has 0 atom stereocenters. The van der Waals surface area contributed by atoms with Crippen molar-refractivity contribution in [3.63, 3.8) is 0 Å². The number of carbonyl (C=O) groups is 1. The van der Waals surface area contributed by atoms with Gasteiger partial charge in [-0.3, -0.25) is 14.7 Å². The van der Waals surface area contributed by atoms with Gasteiger partial charge < -0.3 is 0 Å². The molecule has 0 aliphatic carbocycles. The van der Waals surface area contributed by atoms with E-state index in [4.69, 9.17) is 0 Å². The van der Waals surface area contributed by atoms with E-state index in [0.29, 0.717) is 11.3 Å². The predicted molar refractivity (Wildman–Crippen MR) is 77.9 cm³/mol. The van der Waals surface area contributed by atoms with Crippen LogP contribution in [0.2, 0.25) is 0 Å². The Morgan fingerprint density at radius 3 is 2.36 bits per heavy atom. The molecule has 0 saturated heterocycles. The molecule has 3 nitrogen and oxygen atoms in total. The SMILES string of the molecule is CC(=O)N(/C=C\c1ccc(C(F)(F)F)cc1)c1cccnc1. The minimum atomic E-state index is -4.36. The molecule has 6 heteroatoms. The van der Waals surface area contributed by atoms with Crippen LogP contribution in [0.3, 0.4) is 0 Å². The van der Waals surface area contributed by atoms with E-state index in [0.717, 1.165) is 12.1 Å². The van der Waals surface area contributed by atoms with Crippen molar-refractivity contribution >= 4 is 17.7 Å². The molecule has 1 amide bonds. The Bertz CT molecular complexity index is 664. The van der Waals surface area contributed by atoms with E-state index < -0.39 is 11.7 Å². The Kier molecular flexibility index (Phi) is 4.60. The van der Waals surface area contributed by atoms with Crippen LogP contribution < -0.4 is 4.90 Å². The first-order valence-corrected chi connectivity index (χ1v) is 6.43. The van der Waals surface area contributed by atoms with Crippen LogP contribution in [-0.2, 0) is 11.0 Å². The van der Waals surface area contributed by atoms with E-state index in [2.05, 4.69) is 4.98 Å². The number of benzene rings is 1. The first-order chi connectivity index (χ1) is 10.4. The van der Waals surface area contributed by atoms with Crippen LogP contribution in [0.4, 0.5) is 18.9 Å². The summed E-state index contributed by atoms with van der Waals surface area (Å²) in [6, 6.07) is 8.11. The highest BCUT2D eigenvalue weighted by molar-refractivity contribution is 5.94. The van der Waals surface area contributed by atoms with E-state index in [-0.39, 0.29) is 5.91 Å². The second-order valence-electron chi connectivity index (χ2n) is 4.54. The van der Waals surface area contributed by atoms with Gasteiger partial charge in [0.2, 0.25) is 5.91 Å². The molecule has 0 unspecified atom stereocenters. The molecule has 0 spiro atoms. The molecular formula is C16H13F3N2O. The topological polar surface area (TPSA) is 33.2 Å². The fraction of sp³-hybridized carbons (Fsp3) is 0.125. The molecule has 1 aromatic carbocycles. The zero-order chi connectivity index (χ0) is 16.2. The van der Waals surface area contributed by atoms with Gasteiger partial charge >= 0.3 is 6.18 Å². The molecule has 0 radical (unpaired) electrons. The minimum Gasteiger partial charge on any atom is -0.287 e. The number of hydrogen-bond acceptors (Lipinski definition) is 2. The van der Waals surface area contributed by atoms with Crippen LogP contribution >= 0.6 is 0 Å². The van der Waals surface area contributed by atoms with Gasteiger partial charge in [-0.1, -0.05) is 12.1 Å². The van der Waals surface area contributed by atoms with Gasteiger partial charge in [-0.25, -0.2) is 0 Å². The van der Waals surface area contributed by atoms with Crippen LogP contribution in [0.25, 0.3) is 6.08 Å². The van der Waals surface area contributed by atoms with Gasteiger partial charge in [0, 0.05) is 19.3 Å². The average Bonchev–Trinajstić information content (AvgIpc) is 2.48. The summed E-state index contributed by atoms with van der Waals surface area (Å²) in [5.74, 6) is -0.226. The summed E-state index contributed by atoms with van der Waals surface area (Å²) >= 11 is 0. The van der Waals surface area contributed by atoms with Crippen molar-refractivity contribution in [2.45, 2.75) is 13.1 Å². The largest absolute Gasteiger partial charge is 0.416 e. The maximum Gasteiger partial charge on any atom is 0.416 e. The number of alkyl halides is 3. The van der Waals surface area contributed by atoms with Crippen molar-refractivity contribution < 1.29 is 18.0 Å². The molecule has 0 aliphatic rings. The third kappa shape index (κ3) is 3.94. The molecule has 2 rings (SSSR count). The van der Waals surface area contributed by atoms with Gasteiger partial charge in [-0.2, -0.15) is 13.2 Å². The lowest BCUT2D eigenvalue weighted by Crippen LogP contribution is -2.21. The number of carbonyl (C=O) groups excluding carboxylic acids is 1. The van der Waals surface area contributed by atoms with Crippen LogP contribution in [0, 0.1) is 0 Å². The molecular weight excluding hydrogens is 293 g/mol. The van der Waals surface area contributed by atoms with Crippen LogP contribution in [-0.4, -0.2) is 10.9 Å². The Hall–Kier alpha value is -2.63. The Morgan fingerprint density at radius 2 is 1.86 bits per heavy atom. The first-order valence-electron chi connectivity index (χ1n) is 6.43. The standard InChI is InChI=1S/C16H13F3N2O/c1-12(22)21(15-3-2-9-20-11-15)10-8-13-4-6-14(7-5-13)16(17,18)19/h2-11H,1H3/b10-8-. The molecule has 0 N–H and O–H groups in total. The van der Waals surface area contributed by atoms with Gasteiger partial charge in [0.15, 0.2) is 0 Å². The molecule has 0 saturated carbocycles. The first kappa shape index (κ1) is 15.8. The van der Waals surface area contributed by atoms with Crippen molar-refractivity contribution in [3.8, 4) is 0 Å². The molecule has 1 heterocycles. The zero-order valence-corrected chi connectivity index (χ0v) is 11.7. The second-order valence-corrected chi connectivity index (χ2v) is 4.54. The summed E-state index contributed by atoms with van der Waals surface area (Å²) in [6.07, 6.45) is 1.82. The molecule has 22 heavy (non-hydrogen) atoms. The number of aromatic nitrogens is 1. The van der Waals surface area contributed by atoms with E-state index in [1.807, 2.05) is 0 Å². The van der Waals surface area contributed by atoms with E-state index >= 15 is 0 Å². The number of hydrogen-bond donors (Lipinski definition) is 0. The van der Waals surface area contributed by atoms with Crippen LogP contribution in [0.5, 0.6) is 0 Å². The fourth-order valence-corrected chi connectivity index (χ4v) is 1.81. The average molecular weight is 306 g/mol. The van der Waals surface area contributed by atoms with Crippen molar-refractivity contribution in [3.05, 3.63) is 66.1 Å². The highest BCUT2D eigenvalue weighted by Crippen LogP contribution is 2.29. The van der Waals surface area contributed by atoms with E-state index in [1.54, 1.807) is 24.4 Å². The van der Waals surface area contributed by atoms with E-state index in [1.165, 1.54) is 36.4 Å². The summed E-state index contributed by atoms with van der Waals surface area (Å²) in [4.78, 5) is 16.9. The van der Waals surface area contributed by atoms with Crippen molar-refractivity contribution in [2.24, 2.45) is 0 Å². The van der Waals surface area contributed by atoms with E-state index in [9.17, 15) is 18.0 Å². The number of rotatable bonds is 3. The quantitative estimate of drug-likeness (QED) is 0.854. The van der Waals surface area contributed by atoms with Gasteiger partial charge in [0.25, 0.3) is 0 Å². The van der Waals surface area contributed by atoms with Gasteiger partial charge in [0.1, 0.15) is 0 Å². The van der Waals surface area contributed by atoms with Crippen LogP contribution in [0.15, 0.2) is 55.0 Å². The lowest BCUT2D eigenvalue weighted by molar-refractivity contribution is -0.137. The second kappa shape index (κ2) is 6.43. The van der Waals surface area contributed by atoms with Crippen molar-refractivity contribution in [1.29, 1.82) is 0 Å². The molecule has 2 aromatic rings. The van der Waals surface area contributed by atoms with Crippen LogP contribution in [0.1, 0.15) is 18.1 Å². The number of nitrogens with zero attached hydrogens (tertiary/aromatic N) is 2. The Balaban J connectivity index is 2.20. The Labute approximate surface area is 125 Å². The van der Waals surface area contributed by atoms with Gasteiger partial charge in [0.05, 0.1) is 17.4 Å².